The molecule has 2 rings (SSSR count). The maximum atomic E-state index is 12.4. The Morgan fingerprint density at radius 1 is 1.30 bits per heavy atom. The summed E-state index contributed by atoms with van der Waals surface area (Å²) in [4.78, 5) is 12.4. The predicted molar refractivity (Wildman–Crippen MR) is 81.8 cm³/mol. The average molecular weight is 274 g/mol. The standard InChI is InChI=1S/C16H22N2O2/c1-12(2)11-20-8-7-18-15-6-4-3-5-13(15)9-14(10-17)16(18)19/h3-6,9,12H,7-8,10-11,17H2,1-2H3. The fourth-order valence-corrected chi connectivity index (χ4v) is 2.23. The van der Waals surface area contributed by atoms with Gasteiger partial charge in [-0.05, 0) is 23.4 Å². The molecule has 0 aliphatic rings. The van der Waals surface area contributed by atoms with Gasteiger partial charge in [0, 0.05) is 25.3 Å². The van der Waals surface area contributed by atoms with Gasteiger partial charge in [-0.3, -0.25) is 4.79 Å². The third-order valence-corrected chi connectivity index (χ3v) is 3.21. The highest BCUT2D eigenvalue weighted by Crippen LogP contribution is 2.13. The number of nitrogens with two attached hydrogens (primary N) is 1. The van der Waals surface area contributed by atoms with Gasteiger partial charge in [-0.25, -0.2) is 0 Å². The molecule has 0 bridgehead atoms. The van der Waals surface area contributed by atoms with Gasteiger partial charge in [0.1, 0.15) is 0 Å². The molecular formula is C16H22N2O2. The second kappa shape index (κ2) is 6.68. The second-order valence-corrected chi connectivity index (χ2v) is 5.36. The van der Waals surface area contributed by atoms with E-state index in [0.717, 1.165) is 10.9 Å². The highest BCUT2D eigenvalue weighted by molar-refractivity contribution is 5.79. The zero-order chi connectivity index (χ0) is 14.5. The van der Waals surface area contributed by atoms with Gasteiger partial charge < -0.3 is 15.0 Å². The van der Waals surface area contributed by atoms with Crippen molar-refractivity contribution in [2.45, 2.75) is 26.9 Å². The zero-order valence-electron chi connectivity index (χ0n) is 12.1. The molecule has 0 unspecified atom stereocenters. The zero-order valence-corrected chi connectivity index (χ0v) is 12.1. The Balaban J connectivity index is 2.30. The van der Waals surface area contributed by atoms with E-state index < -0.39 is 0 Å². The average Bonchev–Trinajstić information content (AvgIpc) is 2.44. The highest BCUT2D eigenvalue weighted by Gasteiger charge is 2.07. The molecule has 2 aromatic rings. The van der Waals surface area contributed by atoms with Crippen molar-refractivity contribution in [1.29, 1.82) is 0 Å². The van der Waals surface area contributed by atoms with Crippen molar-refractivity contribution in [2.24, 2.45) is 11.7 Å². The van der Waals surface area contributed by atoms with Crippen LogP contribution in [0.2, 0.25) is 0 Å². The minimum Gasteiger partial charge on any atom is -0.379 e. The maximum absolute atomic E-state index is 12.4. The first kappa shape index (κ1) is 14.8. The number of nitrogens with zero attached hydrogens (tertiary/aromatic N) is 1. The number of benzene rings is 1. The van der Waals surface area contributed by atoms with E-state index in [-0.39, 0.29) is 12.1 Å². The van der Waals surface area contributed by atoms with E-state index in [4.69, 9.17) is 10.5 Å². The molecule has 0 amide bonds. The number of rotatable bonds is 6. The molecule has 0 spiro atoms. The van der Waals surface area contributed by atoms with Crippen molar-refractivity contribution < 1.29 is 4.74 Å². The molecule has 108 valence electrons. The first-order valence-electron chi connectivity index (χ1n) is 7.02. The van der Waals surface area contributed by atoms with Gasteiger partial charge in [0.15, 0.2) is 0 Å². The molecular weight excluding hydrogens is 252 g/mol. The Kier molecular flexibility index (Phi) is 4.93. The molecule has 0 aliphatic carbocycles. The van der Waals surface area contributed by atoms with Crippen LogP contribution in [-0.4, -0.2) is 17.8 Å². The van der Waals surface area contributed by atoms with Crippen molar-refractivity contribution in [3.05, 3.63) is 46.2 Å². The third-order valence-electron chi connectivity index (χ3n) is 3.21. The van der Waals surface area contributed by atoms with Crippen LogP contribution >= 0.6 is 0 Å². The Bertz CT molecular complexity index is 632. The molecule has 4 heteroatoms. The van der Waals surface area contributed by atoms with Crippen molar-refractivity contribution in [1.82, 2.24) is 4.57 Å². The monoisotopic (exact) mass is 274 g/mol. The van der Waals surface area contributed by atoms with E-state index in [9.17, 15) is 4.79 Å². The lowest BCUT2D eigenvalue weighted by atomic mass is 10.1. The van der Waals surface area contributed by atoms with E-state index in [1.54, 1.807) is 4.57 Å². The summed E-state index contributed by atoms with van der Waals surface area (Å²) in [5.74, 6) is 0.499. The molecule has 0 aliphatic heterocycles. The molecule has 2 N–H and O–H groups in total. The summed E-state index contributed by atoms with van der Waals surface area (Å²) in [6.07, 6.45) is 0. The van der Waals surface area contributed by atoms with E-state index in [0.29, 0.717) is 31.2 Å². The molecule has 0 saturated heterocycles. The number of hydrogen-bond donors (Lipinski definition) is 1. The Labute approximate surface area is 119 Å². The van der Waals surface area contributed by atoms with E-state index in [1.165, 1.54) is 0 Å². The highest BCUT2D eigenvalue weighted by atomic mass is 16.5. The van der Waals surface area contributed by atoms with Gasteiger partial charge >= 0.3 is 0 Å². The number of ether oxygens (including phenoxy) is 1. The maximum Gasteiger partial charge on any atom is 0.255 e. The van der Waals surface area contributed by atoms with Gasteiger partial charge in [0.2, 0.25) is 0 Å². The Morgan fingerprint density at radius 2 is 2.05 bits per heavy atom. The lowest BCUT2D eigenvalue weighted by Crippen LogP contribution is -2.27. The summed E-state index contributed by atoms with van der Waals surface area (Å²) in [5, 5.41) is 1.04. The Hall–Kier alpha value is -1.65. The van der Waals surface area contributed by atoms with Crippen LogP contribution in [-0.2, 0) is 17.8 Å². The fourth-order valence-electron chi connectivity index (χ4n) is 2.23. The number of para-hydroxylation sites is 1. The minimum absolute atomic E-state index is 0.0145. The first-order chi connectivity index (χ1) is 9.63. The predicted octanol–water partition coefficient (Wildman–Crippen LogP) is 2.13. The Morgan fingerprint density at radius 3 is 2.75 bits per heavy atom. The van der Waals surface area contributed by atoms with Gasteiger partial charge in [0.05, 0.1) is 12.1 Å². The van der Waals surface area contributed by atoms with E-state index in [1.807, 2.05) is 30.3 Å². The van der Waals surface area contributed by atoms with Crippen LogP contribution in [0.1, 0.15) is 19.4 Å². The smallest absolute Gasteiger partial charge is 0.255 e. The summed E-state index contributed by atoms with van der Waals surface area (Å²) in [6.45, 7) is 6.28. The first-order valence-corrected chi connectivity index (χ1v) is 7.02. The van der Waals surface area contributed by atoms with Gasteiger partial charge in [-0.15, -0.1) is 0 Å². The molecule has 0 radical (unpaired) electrons. The molecule has 1 heterocycles. The molecule has 0 atom stereocenters. The lowest BCUT2D eigenvalue weighted by Gasteiger charge is -2.13. The molecule has 1 aromatic carbocycles. The second-order valence-electron chi connectivity index (χ2n) is 5.36. The lowest BCUT2D eigenvalue weighted by molar-refractivity contribution is 0.103. The molecule has 20 heavy (non-hydrogen) atoms. The van der Waals surface area contributed by atoms with Crippen LogP contribution in [0.5, 0.6) is 0 Å². The topological polar surface area (TPSA) is 57.2 Å². The van der Waals surface area contributed by atoms with Crippen LogP contribution in [0.3, 0.4) is 0 Å². The molecule has 0 fully saturated rings. The number of fused-ring (bicyclic) bond motifs is 1. The van der Waals surface area contributed by atoms with Crippen LogP contribution < -0.4 is 11.3 Å². The summed E-state index contributed by atoms with van der Waals surface area (Å²) < 4.78 is 7.35. The fraction of sp³-hybridized carbons (Fsp3) is 0.438. The molecule has 0 saturated carbocycles. The molecule has 1 aromatic heterocycles. The van der Waals surface area contributed by atoms with Crippen LogP contribution in [0, 0.1) is 5.92 Å². The van der Waals surface area contributed by atoms with E-state index >= 15 is 0 Å². The quantitative estimate of drug-likeness (QED) is 0.821. The summed E-state index contributed by atoms with van der Waals surface area (Å²) >= 11 is 0. The SMILES string of the molecule is CC(C)COCCn1c(=O)c(CN)cc2ccccc21. The van der Waals surface area contributed by atoms with Crippen molar-refractivity contribution in [3.63, 3.8) is 0 Å². The van der Waals surface area contributed by atoms with Crippen LogP contribution in [0.15, 0.2) is 35.1 Å². The van der Waals surface area contributed by atoms with Gasteiger partial charge in [-0.1, -0.05) is 32.0 Å². The van der Waals surface area contributed by atoms with Gasteiger partial charge in [-0.2, -0.15) is 0 Å². The summed E-state index contributed by atoms with van der Waals surface area (Å²) in [7, 11) is 0. The normalized spacial score (nSPS) is 11.4. The van der Waals surface area contributed by atoms with Crippen molar-refractivity contribution in [3.8, 4) is 0 Å². The number of pyridine rings is 1. The van der Waals surface area contributed by atoms with Crippen molar-refractivity contribution in [2.75, 3.05) is 13.2 Å². The number of hydrogen-bond acceptors (Lipinski definition) is 3. The van der Waals surface area contributed by atoms with Crippen LogP contribution in [0.25, 0.3) is 10.9 Å². The van der Waals surface area contributed by atoms with Crippen molar-refractivity contribution >= 4 is 10.9 Å². The van der Waals surface area contributed by atoms with E-state index in [2.05, 4.69) is 13.8 Å². The summed E-state index contributed by atoms with van der Waals surface area (Å²) in [6, 6.07) is 9.74. The largest absolute Gasteiger partial charge is 0.379 e. The summed E-state index contributed by atoms with van der Waals surface area (Å²) in [5.41, 5.74) is 7.23. The third kappa shape index (κ3) is 3.26. The van der Waals surface area contributed by atoms with Crippen LogP contribution in [0.4, 0.5) is 0 Å². The number of aromatic nitrogens is 1. The molecule has 4 nitrogen and oxygen atoms in total. The van der Waals surface area contributed by atoms with Gasteiger partial charge in [0.25, 0.3) is 5.56 Å². The minimum atomic E-state index is -0.0145.